The van der Waals surface area contributed by atoms with Crippen molar-refractivity contribution < 1.29 is 22.3 Å². The van der Waals surface area contributed by atoms with Gasteiger partial charge in [-0.05, 0) is 36.4 Å². The number of fused-ring (bicyclic) bond motifs is 3. The Morgan fingerprint density at radius 1 is 0.929 bits per heavy atom. The molecule has 0 radical (unpaired) electrons. The van der Waals surface area contributed by atoms with Crippen LogP contribution in [0.3, 0.4) is 0 Å². The number of furan rings is 1. The van der Waals surface area contributed by atoms with Crippen molar-refractivity contribution in [1.82, 2.24) is 0 Å². The average molecular weight is 494 g/mol. The fourth-order valence-electron chi connectivity index (χ4n) is 2.97. The Balaban J connectivity index is 1.77. The number of ether oxygens (including phenoxy) is 1. The summed E-state index contributed by atoms with van der Waals surface area (Å²) in [6.45, 7) is 0. The summed E-state index contributed by atoms with van der Waals surface area (Å²) in [5, 5.41) is 11.0. The van der Waals surface area contributed by atoms with E-state index < -0.39 is 6.36 Å². The smallest absolute Gasteiger partial charge is 0.452 e. The first-order chi connectivity index (χ1) is 13.4. The van der Waals surface area contributed by atoms with Gasteiger partial charge in [-0.3, -0.25) is 3.11 Å². The molecule has 3 aromatic carbocycles. The van der Waals surface area contributed by atoms with E-state index in [0.717, 1.165) is 10.8 Å². The SMILES string of the molecule is N#Cc1cccc2c1oc1c(N(I)c3ccc(OC(F)(F)F)cc3)cccc12. The van der Waals surface area contributed by atoms with Crippen molar-refractivity contribution in [3.05, 3.63) is 66.2 Å². The van der Waals surface area contributed by atoms with Crippen molar-refractivity contribution >= 4 is 56.2 Å². The summed E-state index contributed by atoms with van der Waals surface area (Å²) in [7, 11) is 0. The average Bonchev–Trinajstić information content (AvgIpc) is 3.05. The van der Waals surface area contributed by atoms with Crippen LogP contribution in [0.1, 0.15) is 5.56 Å². The van der Waals surface area contributed by atoms with Gasteiger partial charge in [0.2, 0.25) is 0 Å². The summed E-state index contributed by atoms with van der Waals surface area (Å²) in [6.07, 6.45) is -4.73. The molecule has 0 aliphatic carbocycles. The zero-order valence-corrected chi connectivity index (χ0v) is 16.2. The third-order valence-electron chi connectivity index (χ3n) is 4.13. The number of nitrogens with zero attached hydrogens (tertiary/aromatic N) is 2. The lowest BCUT2D eigenvalue weighted by atomic mass is 10.1. The zero-order valence-electron chi connectivity index (χ0n) is 14.0. The van der Waals surface area contributed by atoms with Crippen molar-refractivity contribution in [1.29, 1.82) is 5.26 Å². The largest absolute Gasteiger partial charge is 0.573 e. The lowest BCUT2D eigenvalue weighted by molar-refractivity contribution is -0.274. The molecule has 0 N–H and O–H groups in total. The minimum Gasteiger partial charge on any atom is -0.452 e. The van der Waals surface area contributed by atoms with Gasteiger partial charge in [-0.1, -0.05) is 24.3 Å². The molecule has 28 heavy (non-hydrogen) atoms. The molecule has 140 valence electrons. The first-order valence-electron chi connectivity index (χ1n) is 8.03. The number of hydrogen-bond donors (Lipinski definition) is 0. The molecule has 4 nitrogen and oxygen atoms in total. The second kappa shape index (κ2) is 6.91. The van der Waals surface area contributed by atoms with E-state index in [0.29, 0.717) is 28.1 Å². The maximum absolute atomic E-state index is 12.3. The fraction of sp³-hybridized carbons (Fsp3) is 0.0500. The van der Waals surface area contributed by atoms with Crippen LogP contribution in [0.2, 0.25) is 0 Å². The van der Waals surface area contributed by atoms with E-state index in [2.05, 4.69) is 10.8 Å². The molecule has 0 unspecified atom stereocenters. The van der Waals surface area contributed by atoms with E-state index in [1.807, 2.05) is 47.1 Å². The number of nitriles is 1. The van der Waals surface area contributed by atoms with Crippen LogP contribution < -0.4 is 7.85 Å². The van der Waals surface area contributed by atoms with Crippen LogP contribution in [0, 0.1) is 11.3 Å². The molecule has 0 saturated heterocycles. The minimum atomic E-state index is -4.73. The summed E-state index contributed by atoms with van der Waals surface area (Å²) in [5.74, 6) is -0.290. The van der Waals surface area contributed by atoms with E-state index >= 15 is 0 Å². The highest BCUT2D eigenvalue weighted by molar-refractivity contribution is 14.1. The highest BCUT2D eigenvalue weighted by Gasteiger charge is 2.31. The fourth-order valence-corrected chi connectivity index (χ4v) is 3.67. The Hall–Kier alpha value is -2.93. The van der Waals surface area contributed by atoms with Crippen LogP contribution in [-0.4, -0.2) is 6.36 Å². The second-order valence-electron chi connectivity index (χ2n) is 5.87. The highest BCUT2D eigenvalue weighted by Crippen LogP contribution is 2.40. The number of halogens is 4. The van der Waals surface area contributed by atoms with Gasteiger partial charge in [0.05, 0.1) is 39.8 Å². The first-order valence-corrected chi connectivity index (χ1v) is 9.00. The maximum Gasteiger partial charge on any atom is 0.573 e. The lowest BCUT2D eigenvalue weighted by Gasteiger charge is -2.17. The van der Waals surface area contributed by atoms with Crippen LogP contribution >= 0.6 is 22.9 Å². The van der Waals surface area contributed by atoms with E-state index in [4.69, 9.17) is 4.42 Å². The predicted octanol–water partition coefficient (Wildman–Crippen LogP) is 6.84. The van der Waals surface area contributed by atoms with Crippen molar-refractivity contribution in [3.63, 3.8) is 0 Å². The molecule has 0 aliphatic heterocycles. The first kappa shape index (κ1) is 18.4. The summed E-state index contributed by atoms with van der Waals surface area (Å²) >= 11 is 2.05. The topological polar surface area (TPSA) is 49.4 Å². The van der Waals surface area contributed by atoms with E-state index in [1.165, 1.54) is 24.3 Å². The number of alkyl halides is 3. The number of anilines is 2. The molecule has 8 heteroatoms. The number of rotatable bonds is 3. The number of para-hydroxylation sites is 2. The molecule has 1 aromatic heterocycles. The quantitative estimate of drug-likeness (QED) is 0.231. The molecule has 4 aromatic rings. The zero-order chi connectivity index (χ0) is 19.9. The molecule has 4 rings (SSSR count). The van der Waals surface area contributed by atoms with Crippen LogP contribution in [0.5, 0.6) is 5.75 Å². The lowest BCUT2D eigenvalue weighted by Crippen LogP contribution is -2.17. The molecule has 0 aliphatic rings. The normalized spacial score (nSPS) is 11.5. The summed E-state index contributed by atoms with van der Waals surface area (Å²) in [6, 6.07) is 18.6. The summed E-state index contributed by atoms with van der Waals surface area (Å²) < 4.78 is 48.7. The molecule has 0 spiro atoms. The Labute approximate surface area is 171 Å². The van der Waals surface area contributed by atoms with Gasteiger partial charge < -0.3 is 9.15 Å². The summed E-state index contributed by atoms with van der Waals surface area (Å²) in [5.41, 5.74) is 2.89. The van der Waals surface area contributed by atoms with Gasteiger partial charge in [-0.25, -0.2) is 0 Å². The predicted molar refractivity (Wildman–Crippen MR) is 108 cm³/mol. The standard InChI is InChI=1S/C20H10F3IN2O2/c21-20(22,23)28-14-9-7-13(8-10-14)26(24)17-6-2-5-16-15-4-1-3-12(11-25)18(15)27-19(16)17/h1-10H. The van der Waals surface area contributed by atoms with Gasteiger partial charge >= 0.3 is 6.36 Å². The van der Waals surface area contributed by atoms with Gasteiger partial charge in [-0.15, -0.1) is 13.2 Å². The van der Waals surface area contributed by atoms with Gasteiger partial charge in [0.15, 0.2) is 11.2 Å². The van der Waals surface area contributed by atoms with E-state index in [1.54, 1.807) is 15.2 Å². The van der Waals surface area contributed by atoms with E-state index in [9.17, 15) is 18.4 Å². The van der Waals surface area contributed by atoms with Gasteiger partial charge in [0.1, 0.15) is 11.8 Å². The Kier molecular flexibility index (Phi) is 4.55. The summed E-state index contributed by atoms with van der Waals surface area (Å²) in [4.78, 5) is 0. The molecule has 0 fully saturated rings. The Bertz CT molecular complexity index is 1210. The second-order valence-corrected chi connectivity index (χ2v) is 6.84. The van der Waals surface area contributed by atoms with Crippen molar-refractivity contribution in [2.45, 2.75) is 6.36 Å². The number of hydrogen-bond acceptors (Lipinski definition) is 4. The van der Waals surface area contributed by atoms with Gasteiger partial charge in [0, 0.05) is 10.8 Å². The van der Waals surface area contributed by atoms with Crippen LogP contribution in [-0.2, 0) is 0 Å². The number of benzene rings is 3. The Morgan fingerprint density at radius 3 is 2.21 bits per heavy atom. The molecule has 0 bridgehead atoms. The van der Waals surface area contributed by atoms with Crippen LogP contribution in [0.15, 0.2) is 65.1 Å². The van der Waals surface area contributed by atoms with Crippen molar-refractivity contribution in [2.75, 3.05) is 3.11 Å². The van der Waals surface area contributed by atoms with Gasteiger partial charge in [0.25, 0.3) is 0 Å². The third kappa shape index (κ3) is 3.33. The minimum absolute atomic E-state index is 0.290. The van der Waals surface area contributed by atoms with Gasteiger partial charge in [-0.2, -0.15) is 5.26 Å². The molecule has 0 saturated carbocycles. The van der Waals surface area contributed by atoms with Crippen LogP contribution in [0.25, 0.3) is 21.9 Å². The molecule has 1 heterocycles. The van der Waals surface area contributed by atoms with Crippen molar-refractivity contribution in [3.8, 4) is 11.8 Å². The van der Waals surface area contributed by atoms with E-state index in [-0.39, 0.29) is 5.75 Å². The monoisotopic (exact) mass is 494 g/mol. The third-order valence-corrected chi connectivity index (χ3v) is 5.21. The molecule has 0 amide bonds. The highest BCUT2D eigenvalue weighted by atomic mass is 127. The molecular formula is C20H10F3IN2O2. The van der Waals surface area contributed by atoms with Crippen molar-refractivity contribution in [2.24, 2.45) is 0 Å². The maximum atomic E-state index is 12.3. The van der Waals surface area contributed by atoms with Crippen LogP contribution in [0.4, 0.5) is 24.5 Å². The molecule has 0 atom stereocenters. The Morgan fingerprint density at radius 2 is 1.57 bits per heavy atom. The molecular weight excluding hydrogens is 484 g/mol.